The molecule has 1 fully saturated rings. The molecule has 2 aromatic rings. The summed E-state index contributed by atoms with van der Waals surface area (Å²) in [6.07, 6.45) is 1.86. The van der Waals surface area contributed by atoms with E-state index in [0.717, 1.165) is 24.8 Å². The minimum atomic E-state index is 0.651. The van der Waals surface area contributed by atoms with Gasteiger partial charge in [0.2, 0.25) is 0 Å². The summed E-state index contributed by atoms with van der Waals surface area (Å²) in [5.74, 6) is 0.651. The summed E-state index contributed by atoms with van der Waals surface area (Å²) in [6.45, 7) is 3.70. The maximum absolute atomic E-state index is 5.75. The van der Waals surface area contributed by atoms with Crippen molar-refractivity contribution < 1.29 is 4.74 Å². The first kappa shape index (κ1) is 11.7. The number of aromatic nitrogens is 1. The lowest BCUT2D eigenvalue weighted by Crippen LogP contribution is -2.48. The summed E-state index contributed by atoms with van der Waals surface area (Å²) >= 11 is 1.70. The van der Waals surface area contributed by atoms with Crippen LogP contribution in [0.4, 0.5) is 5.13 Å². The number of nitrogens with zero attached hydrogens (tertiary/aromatic N) is 2. The molecule has 0 N–H and O–H groups in total. The van der Waals surface area contributed by atoms with Crippen molar-refractivity contribution in [2.75, 3.05) is 24.6 Å². The van der Waals surface area contributed by atoms with Crippen molar-refractivity contribution >= 4 is 16.5 Å². The number of hydrogen-bond donors (Lipinski definition) is 0. The molecule has 1 saturated heterocycles. The second kappa shape index (κ2) is 5.50. The summed E-state index contributed by atoms with van der Waals surface area (Å²) in [5.41, 5.74) is 1.24. The van der Waals surface area contributed by atoms with Crippen molar-refractivity contribution in [1.82, 2.24) is 4.98 Å². The number of benzene rings is 1. The lowest BCUT2D eigenvalue weighted by atomic mass is 10.0. The molecule has 0 bridgehead atoms. The van der Waals surface area contributed by atoms with E-state index in [1.807, 2.05) is 29.8 Å². The van der Waals surface area contributed by atoms with E-state index in [-0.39, 0.29) is 0 Å². The van der Waals surface area contributed by atoms with Gasteiger partial charge in [0.1, 0.15) is 0 Å². The largest absolute Gasteiger partial charge is 0.376 e. The Morgan fingerprint density at radius 1 is 1.28 bits per heavy atom. The van der Waals surface area contributed by atoms with Crippen LogP contribution in [0.3, 0.4) is 0 Å². The summed E-state index contributed by atoms with van der Waals surface area (Å²) in [5, 5.41) is 3.16. The monoisotopic (exact) mass is 260 g/mol. The fourth-order valence-corrected chi connectivity index (χ4v) is 2.78. The summed E-state index contributed by atoms with van der Waals surface area (Å²) < 4.78 is 5.75. The standard InChI is InChI=1S/C14H16N2OS/c1-2-4-12(5-3-1)10-17-11-13-8-16(9-13)14-15-6-7-18-14/h1-7,13H,8-11H2. The molecule has 0 atom stereocenters. The first-order valence-corrected chi connectivity index (χ1v) is 7.06. The number of thiazole rings is 1. The highest BCUT2D eigenvalue weighted by molar-refractivity contribution is 7.13. The molecule has 1 aromatic carbocycles. The highest BCUT2D eigenvalue weighted by Crippen LogP contribution is 2.26. The molecule has 2 heterocycles. The first-order chi connectivity index (χ1) is 8.92. The zero-order chi connectivity index (χ0) is 12.2. The van der Waals surface area contributed by atoms with Gasteiger partial charge in [0.15, 0.2) is 5.13 Å². The van der Waals surface area contributed by atoms with E-state index in [1.165, 1.54) is 5.56 Å². The molecule has 3 rings (SSSR count). The minimum absolute atomic E-state index is 0.651. The second-order valence-corrected chi connectivity index (χ2v) is 5.46. The Kier molecular flexibility index (Phi) is 3.57. The van der Waals surface area contributed by atoms with Crippen molar-refractivity contribution in [3.63, 3.8) is 0 Å². The molecule has 3 nitrogen and oxygen atoms in total. The molecule has 0 spiro atoms. The lowest BCUT2D eigenvalue weighted by Gasteiger charge is -2.38. The van der Waals surface area contributed by atoms with E-state index in [4.69, 9.17) is 4.74 Å². The Balaban J connectivity index is 1.37. The molecule has 4 heteroatoms. The Morgan fingerprint density at radius 3 is 2.83 bits per heavy atom. The van der Waals surface area contributed by atoms with Crippen molar-refractivity contribution in [1.29, 1.82) is 0 Å². The Morgan fingerprint density at radius 2 is 2.11 bits per heavy atom. The van der Waals surface area contributed by atoms with Gasteiger partial charge in [-0.3, -0.25) is 0 Å². The third-order valence-corrected chi connectivity index (χ3v) is 3.94. The summed E-state index contributed by atoms with van der Waals surface area (Å²) in [6, 6.07) is 10.3. The smallest absolute Gasteiger partial charge is 0.185 e. The summed E-state index contributed by atoms with van der Waals surface area (Å²) in [4.78, 5) is 6.61. The minimum Gasteiger partial charge on any atom is -0.376 e. The number of rotatable bonds is 5. The van der Waals surface area contributed by atoms with Gasteiger partial charge in [0.05, 0.1) is 13.2 Å². The van der Waals surface area contributed by atoms with Gasteiger partial charge < -0.3 is 9.64 Å². The molecule has 0 radical (unpaired) electrons. The molecule has 18 heavy (non-hydrogen) atoms. The zero-order valence-electron chi connectivity index (χ0n) is 10.2. The van der Waals surface area contributed by atoms with Crippen LogP contribution in [0.1, 0.15) is 5.56 Å². The van der Waals surface area contributed by atoms with E-state index < -0.39 is 0 Å². The predicted octanol–water partition coefficient (Wildman–Crippen LogP) is 2.80. The molecular formula is C14H16N2OS. The van der Waals surface area contributed by atoms with Crippen molar-refractivity contribution in [3.8, 4) is 0 Å². The molecule has 0 unspecified atom stereocenters. The summed E-state index contributed by atoms with van der Waals surface area (Å²) in [7, 11) is 0. The molecular weight excluding hydrogens is 244 g/mol. The van der Waals surface area contributed by atoms with Crippen LogP contribution in [0.5, 0.6) is 0 Å². The van der Waals surface area contributed by atoms with Gasteiger partial charge in [-0.2, -0.15) is 0 Å². The Hall–Kier alpha value is -1.39. The SMILES string of the molecule is c1ccc(COCC2CN(c3nccs3)C2)cc1. The molecule has 0 saturated carbocycles. The number of hydrogen-bond acceptors (Lipinski definition) is 4. The number of ether oxygens (including phenoxy) is 1. The molecule has 1 aromatic heterocycles. The molecule has 0 aliphatic carbocycles. The average molecular weight is 260 g/mol. The fraction of sp³-hybridized carbons (Fsp3) is 0.357. The maximum Gasteiger partial charge on any atom is 0.185 e. The first-order valence-electron chi connectivity index (χ1n) is 6.18. The van der Waals surface area contributed by atoms with Gasteiger partial charge in [0.25, 0.3) is 0 Å². The topological polar surface area (TPSA) is 25.4 Å². The molecule has 94 valence electrons. The van der Waals surface area contributed by atoms with E-state index in [0.29, 0.717) is 12.5 Å². The van der Waals surface area contributed by atoms with E-state index in [9.17, 15) is 0 Å². The highest BCUT2D eigenvalue weighted by Gasteiger charge is 2.28. The predicted molar refractivity (Wildman–Crippen MR) is 73.9 cm³/mol. The van der Waals surface area contributed by atoms with Crippen molar-refractivity contribution in [3.05, 3.63) is 47.5 Å². The van der Waals surface area contributed by atoms with Gasteiger partial charge in [0, 0.05) is 30.6 Å². The van der Waals surface area contributed by atoms with Crippen LogP contribution in [0.25, 0.3) is 0 Å². The van der Waals surface area contributed by atoms with Gasteiger partial charge in [-0.25, -0.2) is 4.98 Å². The third-order valence-electron chi connectivity index (χ3n) is 3.11. The third kappa shape index (κ3) is 2.71. The molecule has 1 aliphatic heterocycles. The quantitative estimate of drug-likeness (QED) is 0.826. The van der Waals surface area contributed by atoms with Crippen LogP contribution in [0.15, 0.2) is 41.9 Å². The molecule has 0 amide bonds. The molecule has 1 aliphatic rings. The van der Waals surface area contributed by atoms with Crippen molar-refractivity contribution in [2.24, 2.45) is 5.92 Å². The van der Waals surface area contributed by atoms with E-state index in [2.05, 4.69) is 22.0 Å². The van der Waals surface area contributed by atoms with Crippen LogP contribution in [0, 0.1) is 5.92 Å². The van der Waals surface area contributed by atoms with Gasteiger partial charge in [-0.1, -0.05) is 30.3 Å². The van der Waals surface area contributed by atoms with Crippen LogP contribution in [-0.2, 0) is 11.3 Å². The maximum atomic E-state index is 5.75. The van der Waals surface area contributed by atoms with E-state index in [1.54, 1.807) is 11.3 Å². The van der Waals surface area contributed by atoms with Crippen molar-refractivity contribution in [2.45, 2.75) is 6.61 Å². The number of anilines is 1. The normalized spacial score (nSPS) is 15.7. The highest BCUT2D eigenvalue weighted by atomic mass is 32.1. The second-order valence-electron chi connectivity index (χ2n) is 4.59. The van der Waals surface area contributed by atoms with E-state index >= 15 is 0 Å². The average Bonchev–Trinajstić information content (AvgIpc) is 2.87. The van der Waals surface area contributed by atoms with Gasteiger partial charge in [-0.05, 0) is 5.56 Å². The van der Waals surface area contributed by atoms with Crippen LogP contribution in [0.2, 0.25) is 0 Å². The van der Waals surface area contributed by atoms with Gasteiger partial charge >= 0.3 is 0 Å². The van der Waals surface area contributed by atoms with Gasteiger partial charge in [-0.15, -0.1) is 11.3 Å². The Bertz CT molecular complexity index is 466. The van der Waals surface area contributed by atoms with Crippen LogP contribution >= 0.6 is 11.3 Å². The van der Waals surface area contributed by atoms with Crippen LogP contribution < -0.4 is 4.90 Å². The zero-order valence-corrected chi connectivity index (χ0v) is 11.0. The lowest BCUT2D eigenvalue weighted by molar-refractivity contribution is 0.0773. The Labute approximate surface area is 111 Å². The van der Waals surface area contributed by atoms with Crippen LogP contribution in [-0.4, -0.2) is 24.7 Å². The fourth-order valence-electron chi connectivity index (χ4n) is 2.12.